The summed E-state index contributed by atoms with van der Waals surface area (Å²) >= 11 is 0. The van der Waals surface area contributed by atoms with Gasteiger partial charge in [0.25, 0.3) is 0 Å². The molecule has 4 heteroatoms. The number of ether oxygens (including phenoxy) is 1. The van der Waals surface area contributed by atoms with E-state index in [9.17, 15) is 4.79 Å². The van der Waals surface area contributed by atoms with Gasteiger partial charge in [-0.3, -0.25) is 0 Å². The summed E-state index contributed by atoms with van der Waals surface area (Å²) in [6.45, 7) is 5.38. The lowest BCUT2D eigenvalue weighted by molar-refractivity contribution is 0.287. The van der Waals surface area contributed by atoms with E-state index < -0.39 is 0 Å². The SMILES string of the molecule is CCc1ccccc1N1COc2c(cc3c(oc(=O)c4ccccc43)c2C)C1. The first kappa shape index (κ1) is 16.9. The molecule has 0 radical (unpaired) electrons. The van der Waals surface area contributed by atoms with Gasteiger partial charge in [-0.05, 0) is 42.5 Å². The minimum atomic E-state index is -0.305. The highest BCUT2D eigenvalue weighted by atomic mass is 16.5. The smallest absolute Gasteiger partial charge is 0.344 e. The molecule has 4 aromatic rings. The first-order chi connectivity index (χ1) is 13.7. The Labute approximate surface area is 163 Å². The molecule has 0 N–H and O–H groups in total. The number of fused-ring (bicyclic) bond motifs is 4. The van der Waals surface area contributed by atoms with Crippen LogP contribution in [0.4, 0.5) is 5.69 Å². The van der Waals surface area contributed by atoms with Crippen molar-refractivity contribution in [3.63, 3.8) is 0 Å². The summed E-state index contributed by atoms with van der Waals surface area (Å²) in [6.07, 6.45) is 0.978. The molecular weight excluding hydrogens is 350 g/mol. The van der Waals surface area contributed by atoms with Crippen LogP contribution in [0.2, 0.25) is 0 Å². The van der Waals surface area contributed by atoms with E-state index in [1.54, 1.807) is 0 Å². The van der Waals surface area contributed by atoms with Crippen molar-refractivity contribution in [3.05, 3.63) is 81.7 Å². The second kappa shape index (κ2) is 6.41. The summed E-state index contributed by atoms with van der Waals surface area (Å²) in [5.41, 5.74) is 4.83. The van der Waals surface area contributed by atoms with Crippen molar-refractivity contribution < 1.29 is 9.15 Å². The monoisotopic (exact) mass is 371 g/mol. The van der Waals surface area contributed by atoms with Crippen molar-refractivity contribution in [1.82, 2.24) is 0 Å². The van der Waals surface area contributed by atoms with Gasteiger partial charge in [-0.2, -0.15) is 0 Å². The number of aryl methyl sites for hydroxylation is 2. The molecule has 0 spiro atoms. The van der Waals surface area contributed by atoms with Crippen molar-refractivity contribution in [3.8, 4) is 5.75 Å². The van der Waals surface area contributed by atoms with Gasteiger partial charge in [-0.1, -0.05) is 43.3 Å². The van der Waals surface area contributed by atoms with Crippen LogP contribution < -0.4 is 15.3 Å². The van der Waals surface area contributed by atoms with Crippen LogP contribution >= 0.6 is 0 Å². The molecule has 140 valence electrons. The Kier molecular flexibility index (Phi) is 3.86. The third-order valence-corrected chi connectivity index (χ3v) is 5.61. The van der Waals surface area contributed by atoms with Gasteiger partial charge in [0.05, 0.1) is 5.39 Å². The second-order valence-corrected chi connectivity index (χ2v) is 7.26. The van der Waals surface area contributed by atoms with Crippen molar-refractivity contribution in [2.24, 2.45) is 0 Å². The Bertz CT molecular complexity index is 1270. The van der Waals surface area contributed by atoms with Crippen LogP contribution in [0.15, 0.2) is 63.8 Å². The van der Waals surface area contributed by atoms with E-state index in [-0.39, 0.29) is 5.63 Å². The van der Waals surface area contributed by atoms with Gasteiger partial charge in [0, 0.05) is 28.7 Å². The van der Waals surface area contributed by atoms with Crippen molar-refractivity contribution in [1.29, 1.82) is 0 Å². The zero-order valence-electron chi connectivity index (χ0n) is 16.0. The van der Waals surface area contributed by atoms with Crippen LogP contribution in [0, 0.1) is 6.92 Å². The van der Waals surface area contributed by atoms with E-state index in [2.05, 4.69) is 42.2 Å². The standard InChI is InChI=1S/C24H21NO3/c1-3-16-8-4-7-11-21(16)25-13-17-12-20-18-9-5-6-10-19(18)24(26)28-23(20)15(2)22(17)27-14-25/h4-12H,3,13-14H2,1-2H3. The first-order valence-electron chi connectivity index (χ1n) is 9.61. The molecule has 3 aromatic carbocycles. The highest BCUT2D eigenvalue weighted by Gasteiger charge is 2.24. The maximum Gasteiger partial charge on any atom is 0.344 e. The molecule has 1 aromatic heterocycles. The predicted octanol–water partition coefficient (Wildman–Crippen LogP) is 5.17. The maximum atomic E-state index is 12.4. The molecule has 0 saturated carbocycles. The van der Waals surface area contributed by atoms with Crippen molar-refractivity contribution in [2.45, 2.75) is 26.8 Å². The molecule has 4 nitrogen and oxygen atoms in total. The summed E-state index contributed by atoms with van der Waals surface area (Å²) in [4.78, 5) is 14.7. The molecule has 1 aliphatic heterocycles. The topological polar surface area (TPSA) is 42.7 Å². The Morgan fingerprint density at radius 1 is 1.00 bits per heavy atom. The normalized spacial score (nSPS) is 13.6. The number of benzene rings is 3. The van der Waals surface area contributed by atoms with Gasteiger partial charge in [0.15, 0.2) is 6.73 Å². The van der Waals surface area contributed by atoms with E-state index in [1.165, 1.54) is 11.3 Å². The number of para-hydroxylation sites is 1. The van der Waals surface area contributed by atoms with Crippen LogP contribution in [0.3, 0.4) is 0 Å². The van der Waals surface area contributed by atoms with E-state index >= 15 is 0 Å². The number of hydrogen-bond acceptors (Lipinski definition) is 4. The van der Waals surface area contributed by atoms with Crippen LogP contribution in [-0.4, -0.2) is 6.73 Å². The third-order valence-electron chi connectivity index (χ3n) is 5.61. The minimum Gasteiger partial charge on any atom is -0.472 e. The fourth-order valence-corrected chi connectivity index (χ4v) is 4.21. The zero-order valence-corrected chi connectivity index (χ0v) is 16.0. The number of nitrogens with zero attached hydrogens (tertiary/aromatic N) is 1. The molecule has 0 saturated heterocycles. The summed E-state index contributed by atoms with van der Waals surface area (Å²) < 4.78 is 11.8. The molecular formula is C24H21NO3. The average Bonchev–Trinajstić information content (AvgIpc) is 2.74. The van der Waals surface area contributed by atoms with Gasteiger partial charge < -0.3 is 14.1 Å². The number of anilines is 1. The van der Waals surface area contributed by atoms with Gasteiger partial charge >= 0.3 is 5.63 Å². The van der Waals surface area contributed by atoms with Gasteiger partial charge in [-0.25, -0.2) is 4.79 Å². The molecule has 0 atom stereocenters. The Balaban J connectivity index is 1.70. The largest absolute Gasteiger partial charge is 0.472 e. The minimum absolute atomic E-state index is 0.305. The lowest BCUT2D eigenvalue weighted by Gasteiger charge is -2.33. The average molecular weight is 371 g/mol. The van der Waals surface area contributed by atoms with Crippen LogP contribution in [0.1, 0.15) is 23.6 Å². The second-order valence-electron chi connectivity index (χ2n) is 7.26. The van der Waals surface area contributed by atoms with Gasteiger partial charge in [-0.15, -0.1) is 0 Å². The van der Waals surface area contributed by atoms with Crippen LogP contribution in [0.25, 0.3) is 21.7 Å². The number of hydrogen-bond donors (Lipinski definition) is 0. The molecule has 0 bridgehead atoms. The van der Waals surface area contributed by atoms with E-state index in [0.717, 1.165) is 40.6 Å². The van der Waals surface area contributed by atoms with Crippen LogP contribution in [0.5, 0.6) is 5.75 Å². The summed E-state index contributed by atoms with van der Waals surface area (Å²) in [5.74, 6) is 0.830. The lowest BCUT2D eigenvalue weighted by atomic mass is 9.99. The zero-order chi connectivity index (χ0) is 19.3. The quantitative estimate of drug-likeness (QED) is 0.360. The van der Waals surface area contributed by atoms with E-state index in [4.69, 9.17) is 9.15 Å². The predicted molar refractivity (Wildman–Crippen MR) is 112 cm³/mol. The Morgan fingerprint density at radius 3 is 2.57 bits per heavy atom. The summed E-state index contributed by atoms with van der Waals surface area (Å²) in [5, 5.41) is 2.49. The summed E-state index contributed by atoms with van der Waals surface area (Å²) in [7, 11) is 0. The van der Waals surface area contributed by atoms with Crippen LogP contribution in [-0.2, 0) is 13.0 Å². The molecule has 0 amide bonds. The molecule has 0 aliphatic carbocycles. The fourth-order valence-electron chi connectivity index (χ4n) is 4.21. The number of rotatable bonds is 2. The van der Waals surface area contributed by atoms with Gasteiger partial charge in [0.1, 0.15) is 11.3 Å². The lowest BCUT2D eigenvalue weighted by Crippen LogP contribution is -2.33. The molecule has 0 unspecified atom stereocenters. The van der Waals surface area contributed by atoms with E-state index in [1.807, 2.05) is 31.2 Å². The first-order valence-corrected chi connectivity index (χ1v) is 9.61. The Hall–Kier alpha value is -3.27. The third kappa shape index (κ3) is 2.48. The molecule has 5 rings (SSSR count). The highest BCUT2D eigenvalue weighted by molar-refractivity contribution is 6.06. The fraction of sp³-hybridized carbons (Fsp3) is 0.208. The summed E-state index contributed by atoms with van der Waals surface area (Å²) in [6, 6.07) is 18.2. The molecule has 2 heterocycles. The van der Waals surface area contributed by atoms with Crippen molar-refractivity contribution >= 4 is 27.4 Å². The maximum absolute atomic E-state index is 12.4. The van der Waals surface area contributed by atoms with E-state index in [0.29, 0.717) is 17.7 Å². The van der Waals surface area contributed by atoms with Crippen molar-refractivity contribution in [2.75, 3.05) is 11.6 Å². The molecule has 28 heavy (non-hydrogen) atoms. The highest BCUT2D eigenvalue weighted by Crippen LogP contribution is 2.38. The molecule has 0 fully saturated rings. The van der Waals surface area contributed by atoms with Gasteiger partial charge in [0.2, 0.25) is 0 Å². The molecule has 1 aliphatic rings. The Morgan fingerprint density at radius 2 is 1.75 bits per heavy atom.